The molecule has 8 heteroatoms. The first-order valence-corrected chi connectivity index (χ1v) is 10.0. The number of nitrogens with zero attached hydrogens (tertiary/aromatic N) is 3. The van der Waals surface area contributed by atoms with E-state index < -0.39 is 17.8 Å². The van der Waals surface area contributed by atoms with Crippen molar-refractivity contribution in [3.63, 3.8) is 0 Å². The molecule has 0 spiro atoms. The van der Waals surface area contributed by atoms with E-state index >= 15 is 0 Å². The van der Waals surface area contributed by atoms with Crippen molar-refractivity contribution in [3.05, 3.63) is 52.7 Å². The molecule has 1 unspecified atom stereocenters. The number of ether oxygens (including phenoxy) is 1. The van der Waals surface area contributed by atoms with E-state index in [4.69, 9.17) is 4.74 Å². The lowest BCUT2D eigenvalue weighted by molar-refractivity contribution is -0.137. The van der Waals surface area contributed by atoms with Crippen molar-refractivity contribution in [3.8, 4) is 5.75 Å². The predicted molar refractivity (Wildman–Crippen MR) is 110 cm³/mol. The highest BCUT2D eigenvalue weighted by Crippen LogP contribution is 2.29. The molecule has 3 rings (SSSR count). The van der Waals surface area contributed by atoms with E-state index in [-0.39, 0.29) is 6.61 Å². The van der Waals surface area contributed by atoms with Gasteiger partial charge in [0.05, 0.1) is 5.56 Å². The molecule has 1 atom stereocenters. The summed E-state index contributed by atoms with van der Waals surface area (Å²) < 4.78 is 43.9. The van der Waals surface area contributed by atoms with Gasteiger partial charge in [-0.05, 0) is 49.6 Å². The van der Waals surface area contributed by atoms with Crippen molar-refractivity contribution < 1.29 is 23.0 Å². The molecule has 0 amide bonds. The zero-order chi connectivity index (χ0) is 21.9. The van der Waals surface area contributed by atoms with Gasteiger partial charge in [0.25, 0.3) is 0 Å². The van der Waals surface area contributed by atoms with E-state index in [1.54, 1.807) is 0 Å². The molecule has 0 saturated carbocycles. The summed E-state index contributed by atoms with van der Waals surface area (Å²) in [5.74, 6) is 1.36. The summed E-state index contributed by atoms with van der Waals surface area (Å²) in [7, 11) is 0. The van der Waals surface area contributed by atoms with Gasteiger partial charge in [0.2, 0.25) is 0 Å². The van der Waals surface area contributed by atoms with Crippen molar-refractivity contribution in [1.29, 1.82) is 0 Å². The zero-order valence-corrected chi connectivity index (χ0v) is 17.5. The average Bonchev–Trinajstić information content (AvgIpc) is 2.71. The van der Waals surface area contributed by atoms with Gasteiger partial charge in [-0.3, -0.25) is 4.90 Å². The molecular weight excluding hydrogens is 395 g/mol. The van der Waals surface area contributed by atoms with E-state index in [1.807, 2.05) is 31.7 Å². The smallest absolute Gasteiger partial charge is 0.417 e. The number of benzene rings is 1. The molecular formula is C22H28F3N3O2. The van der Waals surface area contributed by atoms with E-state index in [9.17, 15) is 18.3 Å². The molecule has 5 nitrogen and oxygen atoms in total. The highest BCUT2D eigenvalue weighted by atomic mass is 19.4. The van der Waals surface area contributed by atoms with E-state index in [2.05, 4.69) is 16.0 Å². The summed E-state index contributed by atoms with van der Waals surface area (Å²) in [6.45, 7) is 9.41. The molecule has 0 radical (unpaired) electrons. The Bertz CT molecular complexity index is 848. The largest absolute Gasteiger partial charge is 0.490 e. The van der Waals surface area contributed by atoms with Crippen LogP contribution in [0.25, 0.3) is 0 Å². The molecule has 1 aromatic heterocycles. The van der Waals surface area contributed by atoms with Gasteiger partial charge in [-0.25, -0.2) is 4.98 Å². The number of anilines is 1. The Morgan fingerprint density at radius 1 is 1.03 bits per heavy atom. The molecule has 2 aromatic rings. The van der Waals surface area contributed by atoms with Crippen LogP contribution in [0.4, 0.5) is 19.0 Å². The van der Waals surface area contributed by atoms with Crippen LogP contribution in [0, 0.1) is 20.8 Å². The highest BCUT2D eigenvalue weighted by molar-refractivity contribution is 5.44. The quantitative estimate of drug-likeness (QED) is 0.770. The van der Waals surface area contributed by atoms with Gasteiger partial charge < -0.3 is 14.7 Å². The topological polar surface area (TPSA) is 48.8 Å². The van der Waals surface area contributed by atoms with Gasteiger partial charge in [-0.2, -0.15) is 13.2 Å². The zero-order valence-electron chi connectivity index (χ0n) is 17.5. The van der Waals surface area contributed by atoms with Crippen LogP contribution >= 0.6 is 0 Å². The second kappa shape index (κ2) is 9.22. The maximum absolute atomic E-state index is 12.7. The molecule has 1 N–H and O–H groups in total. The first kappa shape index (κ1) is 22.4. The summed E-state index contributed by atoms with van der Waals surface area (Å²) in [4.78, 5) is 8.05. The molecule has 1 aromatic carbocycles. The number of hydrogen-bond donors (Lipinski definition) is 1. The van der Waals surface area contributed by atoms with Gasteiger partial charge >= 0.3 is 6.18 Å². The Kier molecular flexibility index (Phi) is 6.88. The third-order valence-electron chi connectivity index (χ3n) is 5.53. The van der Waals surface area contributed by atoms with Gasteiger partial charge in [0, 0.05) is 38.9 Å². The summed E-state index contributed by atoms with van der Waals surface area (Å²) in [6.07, 6.45) is -4.13. The van der Waals surface area contributed by atoms with Crippen molar-refractivity contribution in [1.82, 2.24) is 9.88 Å². The second-order valence-electron chi connectivity index (χ2n) is 7.81. The number of rotatable bonds is 6. The third kappa shape index (κ3) is 5.43. The number of pyridine rings is 1. The van der Waals surface area contributed by atoms with Crippen LogP contribution in [-0.2, 0) is 6.18 Å². The highest BCUT2D eigenvalue weighted by Gasteiger charge is 2.31. The predicted octanol–water partition coefficient (Wildman–Crippen LogP) is 3.59. The standard InChI is InChI=1S/C22H28F3N3O2/c1-15-4-5-16(2)21(17(15)3)30-14-19(29)13-27-8-10-28(11-9-27)20-7-6-18(12-26-20)22(23,24)25/h4-7,12,19,29H,8-11,13-14H2,1-3H3. The lowest BCUT2D eigenvalue weighted by Gasteiger charge is -2.36. The molecule has 1 aliphatic heterocycles. The molecule has 2 heterocycles. The van der Waals surface area contributed by atoms with Crippen LogP contribution in [0.1, 0.15) is 22.3 Å². The summed E-state index contributed by atoms with van der Waals surface area (Å²) >= 11 is 0. The number of aliphatic hydroxyl groups excluding tert-OH is 1. The second-order valence-corrected chi connectivity index (χ2v) is 7.81. The van der Waals surface area contributed by atoms with Crippen molar-refractivity contribution in [2.45, 2.75) is 33.1 Å². The normalized spacial score (nSPS) is 16.6. The minimum Gasteiger partial charge on any atom is -0.490 e. The molecule has 164 valence electrons. The van der Waals surface area contributed by atoms with Gasteiger partial charge in [0.1, 0.15) is 24.3 Å². The number of aromatic nitrogens is 1. The van der Waals surface area contributed by atoms with Gasteiger partial charge in [0.15, 0.2) is 0 Å². The van der Waals surface area contributed by atoms with E-state index in [0.29, 0.717) is 38.5 Å². The van der Waals surface area contributed by atoms with Crippen molar-refractivity contribution in [2.24, 2.45) is 0 Å². The Labute approximate surface area is 175 Å². The van der Waals surface area contributed by atoms with Gasteiger partial charge in [-0.1, -0.05) is 12.1 Å². The Balaban J connectivity index is 1.47. The number of hydrogen-bond acceptors (Lipinski definition) is 5. The third-order valence-corrected chi connectivity index (χ3v) is 5.53. The van der Waals surface area contributed by atoms with Crippen molar-refractivity contribution in [2.75, 3.05) is 44.2 Å². The number of alkyl halides is 3. The maximum atomic E-state index is 12.7. The number of aryl methyl sites for hydroxylation is 2. The first-order valence-electron chi connectivity index (χ1n) is 10.0. The lowest BCUT2D eigenvalue weighted by Crippen LogP contribution is -2.49. The molecule has 1 fully saturated rings. The first-order chi connectivity index (χ1) is 14.1. The van der Waals surface area contributed by atoms with Crippen LogP contribution in [0.3, 0.4) is 0 Å². The molecule has 1 aliphatic rings. The average molecular weight is 423 g/mol. The van der Waals surface area contributed by atoms with Crippen LogP contribution in [-0.4, -0.2) is 60.4 Å². The SMILES string of the molecule is Cc1ccc(C)c(OCC(O)CN2CCN(c3ccc(C(F)(F)F)cn3)CC2)c1C. The maximum Gasteiger partial charge on any atom is 0.417 e. The Hall–Kier alpha value is -2.32. The van der Waals surface area contributed by atoms with E-state index in [1.165, 1.54) is 6.07 Å². The minimum atomic E-state index is -4.38. The Morgan fingerprint density at radius 3 is 2.30 bits per heavy atom. The molecule has 30 heavy (non-hydrogen) atoms. The summed E-state index contributed by atoms with van der Waals surface area (Å²) in [5, 5.41) is 10.4. The van der Waals surface area contributed by atoms with E-state index in [0.717, 1.165) is 34.7 Å². The van der Waals surface area contributed by atoms with Crippen LogP contribution < -0.4 is 9.64 Å². The molecule has 0 bridgehead atoms. The fourth-order valence-electron chi connectivity index (χ4n) is 3.58. The van der Waals surface area contributed by atoms with Crippen LogP contribution in [0.15, 0.2) is 30.5 Å². The van der Waals surface area contributed by atoms with Crippen LogP contribution in [0.2, 0.25) is 0 Å². The number of β-amino-alcohol motifs (C(OH)–C–C–N with tert-alkyl or cyclic N) is 1. The van der Waals surface area contributed by atoms with Crippen molar-refractivity contribution >= 4 is 5.82 Å². The Morgan fingerprint density at radius 2 is 1.70 bits per heavy atom. The fourth-order valence-corrected chi connectivity index (χ4v) is 3.58. The number of aliphatic hydroxyl groups is 1. The fraction of sp³-hybridized carbons (Fsp3) is 0.500. The van der Waals surface area contributed by atoms with Crippen LogP contribution in [0.5, 0.6) is 5.75 Å². The molecule has 1 saturated heterocycles. The van der Waals surface area contributed by atoms with Gasteiger partial charge in [-0.15, -0.1) is 0 Å². The minimum absolute atomic E-state index is 0.214. The monoisotopic (exact) mass is 423 g/mol. The lowest BCUT2D eigenvalue weighted by atomic mass is 10.1. The summed E-state index contributed by atoms with van der Waals surface area (Å²) in [5.41, 5.74) is 2.54. The number of halogens is 3. The summed E-state index contributed by atoms with van der Waals surface area (Å²) in [6, 6.07) is 6.54. The molecule has 0 aliphatic carbocycles. The number of piperazine rings is 1.